The largest absolute Gasteiger partial charge is 0.361 e. The van der Waals surface area contributed by atoms with Gasteiger partial charge in [-0.05, 0) is 32.2 Å². The fraction of sp³-hybridized carbons (Fsp3) is 0.565. The molecule has 1 aromatic heterocycles. The lowest BCUT2D eigenvalue weighted by atomic mass is 9.74. The summed E-state index contributed by atoms with van der Waals surface area (Å²) in [6.45, 7) is 1.94. The molecule has 2 aliphatic rings. The van der Waals surface area contributed by atoms with E-state index in [1.54, 1.807) is 4.90 Å². The average Bonchev–Trinajstić information content (AvgIpc) is 3.40. The van der Waals surface area contributed by atoms with Crippen LogP contribution in [0.5, 0.6) is 0 Å². The predicted octanol–water partition coefficient (Wildman–Crippen LogP) is 4.00. The van der Waals surface area contributed by atoms with Crippen molar-refractivity contribution >= 4 is 5.91 Å². The number of piperidine rings is 1. The molecule has 0 radical (unpaired) electrons. The van der Waals surface area contributed by atoms with Gasteiger partial charge in [0.15, 0.2) is 0 Å². The molecule has 0 bridgehead atoms. The number of amides is 1. The normalized spacial score (nSPS) is 23.8. The zero-order chi connectivity index (χ0) is 19.6. The Morgan fingerprint density at radius 3 is 2.68 bits per heavy atom. The maximum Gasteiger partial charge on any atom is 0.230 e. The number of benzene rings is 1. The van der Waals surface area contributed by atoms with Crippen LogP contribution in [0.25, 0.3) is 11.3 Å². The first-order valence-electron chi connectivity index (χ1n) is 10.5. The third kappa shape index (κ3) is 3.86. The molecule has 5 heteroatoms. The maximum atomic E-state index is 13.3. The first-order valence-corrected chi connectivity index (χ1v) is 10.5. The molecule has 4 rings (SSSR count). The number of hydrogen-bond acceptors (Lipinski definition) is 4. The minimum absolute atomic E-state index is 0.216. The van der Waals surface area contributed by atoms with E-state index in [4.69, 9.17) is 4.52 Å². The standard InChI is InChI=1S/C23H31N3O2/c1-25(2)22(27)23(13-8-14-26(17-23)19-11-6-7-12-19)16-20-15-21(24-28-20)18-9-4-3-5-10-18/h3-5,9-10,15,19H,6-8,11-14,16-17H2,1-2H3. The minimum atomic E-state index is -0.419. The number of carbonyl (C=O) groups is 1. The van der Waals surface area contributed by atoms with Crippen LogP contribution in [-0.2, 0) is 11.2 Å². The van der Waals surface area contributed by atoms with Gasteiger partial charge in [0.2, 0.25) is 5.91 Å². The maximum absolute atomic E-state index is 13.3. The molecule has 1 aliphatic heterocycles. The molecule has 0 N–H and O–H groups in total. The van der Waals surface area contributed by atoms with E-state index in [9.17, 15) is 4.79 Å². The van der Waals surface area contributed by atoms with Crippen molar-refractivity contribution in [2.24, 2.45) is 5.41 Å². The number of carbonyl (C=O) groups excluding carboxylic acids is 1. The molecule has 1 amide bonds. The second-order valence-corrected chi connectivity index (χ2v) is 8.71. The lowest BCUT2D eigenvalue weighted by Crippen LogP contribution is -2.54. The Kier molecular flexibility index (Phi) is 5.54. The van der Waals surface area contributed by atoms with Crippen molar-refractivity contribution in [3.05, 3.63) is 42.2 Å². The van der Waals surface area contributed by atoms with E-state index < -0.39 is 5.41 Å². The van der Waals surface area contributed by atoms with Crippen LogP contribution in [0, 0.1) is 5.41 Å². The third-order valence-corrected chi connectivity index (χ3v) is 6.45. The molecule has 2 heterocycles. The summed E-state index contributed by atoms with van der Waals surface area (Å²) in [6, 6.07) is 12.7. The number of rotatable bonds is 5. The summed E-state index contributed by atoms with van der Waals surface area (Å²) in [6.07, 6.45) is 7.77. The predicted molar refractivity (Wildman–Crippen MR) is 110 cm³/mol. The Morgan fingerprint density at radius 2 is 1.96 bits per heavy atom. The highest BCUT2D eigenvalue weighted by Gasteiger charge is 2.45. The van der Waals surface area contributed by atoms with Gasteiger partial charge in [-0.3, -0.25) is 9.69 Å². The van der Waals surface area contributed by atoms with Gasteiger partial charge in [-0.25, -0.2) is 0 Å². The molecule has 1 aromatic carbocycles. The summed E-state index contributed by atoms with van der Waals surface area (Å²) in [5, 5.41) is 4.27. The highest BCUT2D eigenvalue weighted by molar-refractivity contribution is 5.83. The molecular formula is C23H31N3O2. The molecular weight excluding hydrogens is 350 g/mol. The zero-order valence-electron chi connectivity index (χ0n) is 17.1. The Labute approximate surface area is 167 Å². The van der Waals surface area contributed by atoms with Gasteiger partial charge in [0, 0.05) is 44.7 Å². The highest BCUT2D eigenvalue weighted by atomic mass is 16.5. The van der Waals surface area contributed by atoms with E-state index >= 15 is 0 Å². The summed E-state index contributed by atoms with van der Waals surface area (Å²) in [5.74, 6) is 1.02. The van der Waals surface area contributed by atoms with E-state index in [2.05, 4.69) is 10.1 Å². The molecule has 0 spiro atoms. The van der Waals surface area contributed by atoms with Crippen molar-refractivity contribution in [2.45, 2.75) is 51.0 Å². The number of hydrogen-bond donors (Lipinski definition) is 0. The smallest absolute Gasteiger partial charge is 0.230 e. The van der Waals surface area contributed by atoms with E-state index in [0.717, 1.165) is 42.9 Å². The topological polar surface area (TPSA) is 49.6 Å². The van der Waals surface area contributed by atoms with Crippen molar-refractivity contribution in [1.29, 1.82) is 0 Å². The Balaban J connectivity index is 1.58. The van der Waals surface area contributed by atoms with Crippen molar-refractivity contribution in [3.63, 3.8) is 0 Å². The Bertz CT molecular complexity index is 795. The van der Waals surface area contributed by atoms with Gasteiger partial charge in [-0.1, -0.05) is 48.3 Å². The summed E-state index contributed by atoms with van der Waals surface area (Å²) >= 11 is 0. The van der Waals surface area contributed by atoms with Gasteiger partial charge in [-0.2, -0.15) is 0 Å². The van der Waals surface area contributed by atoms with Gasteiger partial charge in [0.1, 0.15) is 11.5 Å². The van der Waals surface area contributed by atoms with Gasteiger partial charge in [-0.15, -0.1) is 0 Å². The summed E-state index contributed by atoms with van der Waals surface area (Å²) in [4.78, 5) is 17.6. The van der Waals surface area contributed by atoms with E-state index in [0.29, 0.717) is 12.5 Å². The van der Waals surface area contributed by atoms with Crippen LogP contribution in [0.4, 0.5) is 0 Å². The fourth-order valence-electron chi connectivity index (χ4n) is 5.09. The van der Waals surface area contributed by atoms with Crippen LogP contribution in [0.2, 0.25) is 0 Å². The summed E-state index contributed by atoms with van der Waals surface area (Å²) < 4.78 is 5.70. The lowest BCUT2D eigenvalue weighted by Gasteiger charge is -2.44. The molecule has 2 aromatic rings. The molecule has 1 unspecified atom stereocenters. The second kappa shape index (κ2) is 8.08. The SMILES string of the molecule is CN(C)C(=O)C1(Cc2cc(-c3ccccc3)no2)CCCN(C2CCCC2)C1. The van der Waals surface area contributed by atoms with Crippen molar-refractivity contribution in [3.8, 4) is 11.3 Å². The third-order valence-electron chi connectivity index (χ3n) is 6.45. The number of likely N-dealkylation sites (tertiary alicyclic amines) is 1. The van der Waals surface area contributed by atoms with Crippen LogP contribution >= 0.6 is 0 Å². The molecule has 150 valence electrons. The molecule has 1 saturated heterocycles. The van der Waals surface area contributed by atoms with Crippen molar-refractivity contribution in [1.82, 2.24) is 15.0 Å². The number of nitrogens with zero attached hydrogens (tertiary/aromatic N) is 3. The minimum Gasteiger partial charge on any atom is -0.361 e. The van der Waals surface area contributed by atoms with Crippen molar-refractivity contribution in [2.75, 3.05) is 27.2 Å². The Morgan fingerprint density at radius 1 is 1.21 bits per heavy atom. The molecule has 2 fully saturated rings. The van der Waals surface area contributed by atoms with Gasteiger partial charge < -0.3 is 9.42 Å². The summed E-state index contributed by atoms with van der Waals surface area (Å²) in [7, 11) is 3.74. The molecule has 1 atom stereocenters. The van der Waals surface area contributed by atoms with Crippen LogP contribution in [0.3, 0.4) is 0 Å². The van der Waals surface area contributed by atoms with Crippen molar-refractivity contribution < 1.29 is 9.32 Å². The van der Waals surface area contributed by atoms with Crippen LogP contribution < -0.4 is 0 Å². The van der Waals surface area contributed by atoms with Crippen LogP contribution in [0.15, 0.2) is 40.9 Å². The fourth-order valence-corrected chi connectivity index (χ4v) is 5.09. The van der Waals surface area contributed by atoms with E-state index in [-0.39, 0.29) is 5.91 Å². The quantitative estimate of drug-likeness (QED) is 0.786. The Hall–Kier alpha value is -2.14. The summed E-state index contributed by atoms with van der Waals surface area (Å²) in [5.41, 5.74) is 1.46. The molecule has 1 saturated carbocycles. The van der Waals surface area contributed by atoms with E-state index in [1.807, 2.05) is 50.5 Å². The van der Waals surface area contributed by atoms with Gasteiger partial charge >= 0.3 is 0 Å². The van der Waals surface area contributed by atoms with Gasteiger partial charge in [0.05, 0.1) is 5.41 Å². The zero-order valence-corrected chi connectivity index (χ0v) is 17.1. The number of aromatic nitrogens is 1. The van der Waals surface area contributed by atoms with Crippen LogP contribution in [0.1, 0.15) is 44.3 Å². The molecule has 5 nitrogen and oxygen atoms in total. The molecule has 28 heavy (non-hydrogen) atoms. The van der Waals surface area contributed by atoms with Crippen LogP contribution in [-0.4, -0.2) is 54.1 Å². The first-order chi connectivity index (χ1) is 13.6. The lowest BCUT2D eigenvalue weighted by molar-refractivity contribution is -0.144. The molecule has 1 aliphatic carbocycles. The van der Waals surface area contributed by atoms with Gasteiger partial charge in [0.25, 0.3) is 0 Å². The average molecular weight is 382 g/mol. The highest BCUT2D eigenvalue weighted by Crippen LogP contribution is 2.39. The monoisotopic (exact) mass is 381 g/mol. The first kappa shape index (κ1) is 19.2. The second-order valence-electron chi connectivity index (χ2n) is 8.71. The van der Waals surface area contributed by atoms with E-state index in [1.165, 1.54) is 25.7 Å².